The van der Waals surface area contributed by atoms with E-state index in [1.54, 1.807) is 43.3 Å². The van der Waals surface area contributed by atoms with Crippen LogP contribution >= 0.6 is 0 Å². The van der Waals surface area contributed by atoms with E-state index in [2.05, 4.69) is 5.32 Å². The maximum atomic E-state index is 14.2. The molecule has 2 aromatic rings. The second kappa shape index (κ2) is 21.7. The van der Waals surface area contributed by atoms with Gasteiger partial charge in [0.05, 0.1) is 37.0 Å². The Morgan fingerprint density at radius 2 is 1.26 bits per heavy atom. The lowest BCUT2D eigenvalue weighted by Gasteiger charge is -2.52. The molecule has 0 aromatic heterocycles. The van der Waals surface area contributed by atoms with Crippen LogP contribution < -0.4 is 5.32 Å². The number of amides is 1. The number of hydrogen-bond acceptors (Lipinski definition) is 19. The van der Waals surface area contributed by atoms with E-state index in [1.807, 2.05) is 0 Å². The number of rotatable bonds is 16. The lowest BCUT2D eigenvalue weighted by atomic mass is 9.85. The Morgan fingerprint density at radius 3 is 1.73 bits per heavy atom. The molecule has 2 aliphatic rings. The number of nitrogens with one attached hydrogen (secondary N) is 1. The van der Waals surface area contributed by atoms with Crippen LogP contribution in [0.15, 0.2) is 60.7 Å². The minimum absolute atomic E-state index is 0.0407. The molecule has 0 aliphatic carbocycles. The predicted octanol–water partition coefficient (Wildman–Crippen LogP) is 1.51. The first kappa shape index (κ1) is 48.7. The molecule has 0 spiro atoms. The fourth-order valence-corrected chi connectivity index (χ4v) is 7.16. The molecular formula is C42H51NO19. The van der Waals surface area contributed by atoms with Crippen molar-refractivity contribution in [2.24, 2.45) is 0 Å². The third-order valence-electron chi connectivity index (χ3n) is 9.70. The Bertz CT molecular complexity index is 1930. The van der Waals surface area contributed by atoms with Crippen LogP contribution in [0.3, 0.4) is 0 Å². The van der Waals surface area contributed by atoms with Crippen molar-refractivity contribution >= 4 is 47.7 Å². The molecular weight excluding hydrogens is 822 g/mol. The van der Waals surface area contributed by atoms with Crippen molar-refractivity contribution in [1.82, 2.24) is 5.32 Å². The van der Waals surface area contributed by atoms with Gasteiger partial charge in [-0.25, -0.2) is 14.4 Å². The highest BCUT2D eigenvalue weighted by Crippen LogP contribution is 2.40. The molecule has 20 nitrogen and oxygen atoms in total. The zero-order valence-corrected chi connectivity index (χ0v) is 35.3. The second-order valence-electron chi connectivity index (χ2n) is 14.4. The van der Waals surface area contributed by atoms with Crippen molar-refractivity contribution in [3.8, 4) is 0 Å². The fraction of sp³-hybridized carbons (Fsp3) is 0.524. The van der Waals surface area contributed by atoms with E-state index in [9.17, 15) is 43.5 Å². The topological polar surface area (TPSA) is 261 Å². The molecule has 0 bridgehead atoms. The van der Waals surface area contributed by atoms with Crippen molar-refractivity contribution in [2.45, 2.75) is 128 Å². The number of carbonyl (C=O) groups is 8. The number of aliphatic hydroxyl groups excluding tert-OH is 1. The number of benzene rings is 2. The van der Waals surface area contributed by atoms with Crippen molar-refractivity contribution in [2.75, 3.05) is 13.7 Å². The lowest BCUT2D eigenvalue weighted by Crippen LogP contribution is -2.76. The highest BCUT2D eigenvalue weighted by Gasteiger charge is 2.67. The van der Waals surface area contributed by atoms with Gasteiger partial charge in [0.15, 0.2) is 24.4 Å². The lowest BCUT2D eigenvalue weighted by molar-refractivity contribution is -0.357. The molecule has 1 amide bonds. The number of hydrogen-bond donors (Lipinski definition) is 2. The Morgan fingerprint density at radius 1 is 0.726 bits per heavy atom. The zero-order chi connectivity index (χ0) is 45.9. The van der Waals surface area contributed by atoms with E-state index in [1.165, 1.54) is 31.2 Å². The number of aliphatic hydroxyl groups is 1. The molecule has 4 unspecified atom stereocenters. The molecule has 2 aliphatic heterocycles. The van der Waals surface area contributed by atoms with Crippen molar-refractivity contribution in [1.29, 1.82) is 0 Å². The van der Waals surface area contributed by atoms with Crippen molar-refractivity contribution in [3.05, 3.63) is 71.8 Å². The average molecular weight is 874 g/mol. The summed E-state index contributed by atoms with van der Waals surface area (Å²) in [6.07, 6.45) is -16.7. The third kappa shape index (κ3) is 11.9. The minimum Gasteiger partial charge on any atom is -0.465 e. The summed E-state index contributed by atoms with van der Waals surface area (Å²) in [7, 11) is 0.910. The van der Waals surface area contributed by atoms with Gasteiger partial charge < -0.3 is 57.8 Å². The first-order valence-corrected chi connectivity index (χ1v) is 19.5. The van der Waals surface area contributed by atoms with Gasteiger partial charge in [-0.2, -0.15) is 0 Å². The minimum atomic E-state index is -3.04. The summed E-state index contributed by atoms with van der Waals surface area (Å²) in [4.78, 5) is 104. The van der Waals surface area contributed by atoms with E-state index in [0.29, 0.717) is 0 Å². The summed E-state index contributed by atoms with van der Waals surface area (Å²) in [6, 6.07) is 13.9. The van der Waals surface area contributed by atoms with Crippen LogP contribution in [0.4, 0.5) is 0 Å². The molecule has 62 heavy (non-hydrogen) atoms. The zero-order valence-electron chi connectivity index (χ0n) is 35.3. The molecule has 2 fully saturated rings. The molecule has 2 aromatic carbocycles. The van der Waals surface area contributed by atoms with Crippen LogP contribution in [0, 0.1) is 0 Å². The summed E-state index contributed by atoms with van der Waals surface area (Å²) in [5.41, 5.74) is 0.223. The molecule has 0 saturated carbocycles. The van der Waals surface area contributed by atoms with E-state index >= 15 is 0 Å². The molecule has 338 valence electrons. The van der Waals surface area contributed by atoms with Gasteiger partial charge in [0.1, 0.15) is 24.4 Å². The molecule has 12 atom stereocenters. The van der Waals surface area contributed by atoms with Gasteiger partial charge in [0.2, 0.25) is 12.0 Å². The molecule has 2 saturated heterocycles. The average Bonchev–Trinajstić information content (AvgIpc) is 3.22. The summed E-state index contributed by atoms with van der Waals surface area (Å²) in [5, 5.41) is 14.5. The fourth-order valence-electron chi connectivity index (χ4n) is 7.16. The summed E-state index contributed by atoms with van der Waals surface area (Å²) < 4.78 is 57.6. The second-order valence-corrected chi connectivity index (χ2v) is 14.4. The quantitative estimate of drug-likeness (QED) is 0.179. The number of carbonyl (C=O) groups excluding carboxylic acids is 8. The maximum Gasteiger partial charge on any atom is 0.370 e. The molecule has 0 radical (unpaired) electrons. The summed E-state index contributed by atoms with van der Waals surface area (Å²) in [5.74, 6) is -10.8. The molecule has 2 N–H and O–H groups in total. The SMILES string of the molecule is CC[C@@H](OC(C)=O)[C@@H](OC(C)=O)C1O[C@@](OCC2O[C@@H](C)C(OC(=O)c3ccccc3)[C@@H](OC(=O)c3ccccc3)[C@H]2O)(C(=O)OC)C(OC(C)=O)[C@@H](OC(C)=O)[C@H]1NC(C)=O. The number of esters is 7. The molecule has 2 heterocycles. The van der Waals surface area contributed by atoms with Gasteiger partial charge in [0.25, 0.3) is 0 Å². The smallest absolute Gasteiger partial charge is 0.370 e. The third-order valence-corrected chi connectivity index (χ3v) is 9.70. The normalized spacial score (nSPS) is 27.8. The monoisotopic (exact) mass is 873 g/mol. The standard InChI is InChI=1S/C42H51NO19/c1-9-29(56-23(4)45)34(57-24(5)46)35-31(43-22(3)44)36(58-25(6)47)38(59-26(7)48)42(62-35,41(52)53-8)54-20-30-32(49)37(61-40(51)28-18-14-11-15-19-28)33(21(2)55-30)60-39(50)27-16-12-10-13-17-27/h10-19,21,29-38,49H,9,20H2,1-8H3,(H,43,44)/t21-,29+,30?,31-,32-,33?,34+,35?,36-,37-,38?,42+/m0/s1. The van der Waals surface area contributed by atoms with Crippen LogP contribution in [-0.4, -0.2) is 139 Å². The highest BCUT2D eigenvalue weighted by atomic mass is 16.8. The Hall–Kier alpha value is -5.96. The Kier molecular flexibility index (Phi) is 17.1. The van der Waals surface area contributed by atoms with Crippen molar-refractivity contribution < 1.29 is 90.8 Å². The van der Waals surface area contributed by atoms with Gasteiger partial charge in [-0.15, -0.1) is 0 Å². The van der Waals surface area contributed by atoms with Crippen LogP contribution in [0.2, 0.25) is 0 Å². The van der Waals surface area contributed by atoms with E-state index in [-0.39, 0.29) is 17.5 Å². The largest absolute Gasteiger partial charge is 0.465 e. The van der Waals surface area contributed by atoms with Gasteiger partial charge in [0, 0.05) is 34.6 Å². The van der Waals surface area contributed by atoms with Crippen LogP contribution in [-0.2, 0) is 76.1 Å². The number of methoxy groups -OCH3 is 1. The van der Waals surface area contributed by atoms with Crippen molar-refractivity contribution in [3.63, 3.8) is 0 Å². The molecule has 4 rings (SSSR count). The van der Waals surface area contributed by atoms with Crippen LogP contribution in [0.25, 0.3) is 0 Å². The summed E-state index contributed by atoms with van der Waals surface area (Å²) >= 11 is 0. The first-order valence-electron chi connectivity index (χ1n) is 19.5. The van der Waals surface area contributed by atoms with Gasteiger partial charge in [-0.3, -0.25) is 24.0 Å². The van der Waals surface area contributed by atoms with Gasteiger partial charge >= 0.3 is 47.6 Å². The van der Waals surface area contributed by atoms with E-state index in [4.69, 9.17) is 47.4 Å². The Balaban J connectivity index is 1.85. The van der Waals surface area contributed by atoms with Crippen LogP contribution in [0.1, 0.15) is 75.6 Å². The first-order chi connectivity index (χ1) is 29.3. The van der Waals surface area contributed by atoms with Gasteiger partial charge in [-0.1, -0.05) is 43.3 Å². The molecule has 20 heteroatoms. The summed E-state index contributed by atoms with van der Waals surface area (Å²) in [6.45, 7) is 7.21. The Labute approximate surface area is 356 Å². The van der Waals surface area contributed by atoms with Crippen LogP contribution in [0.5, 0.6) is 0 Å². The predicted molar refractivity (Wildman–Crippen MR) is 207 cm³/mol. The highest BCUT2D eigenvalue weighted by molar-refractivity contribution is 5.90. The van der Waals surface area contributed by atoms with E-state index < -0.39 is 127 Å². The number of ether oxygens (including phenoxy) is 10. The van der Waals surface area contributed by atoms with E-state index in [0.717, 1.165) is 41.7 Å². The van der Waals surface area contributed by atoms with Gasteiger partial charge in [-0.05, 0) is 37.6 Å². The maximum absolute atomic E-state index is 14.2.